The second kappa shape index (κ2) is 4.72. The lowest BCUT2D eigenvalue weighted by Crippen LogP contribution is -2.15. The Bertz CT molecular complexity index is 712. The van der Waals surface area contributed by atoms with E-state index in [0.717, 1.165) is 4.70 Å². The molecule has 7 heteroatoms. The van der Waals surface area contributed by atoms with Crippen molar-refractivity contribution in [3.05, 3.63) is 24.0 Å². The van der Waals surface area contributed by atoms with E-state index in [4.69, 9.17) is 0 Å². The zero-order valence-electron chi connectivity index (χ0n) is 10.1. The molecule has 0 amide bonds. The summed E-state index contributed by atoms with van der Waals surface area (Å²) in [5, 5.41) is 3.87. The first kappa shape index (κ1) is 12.8. The number of hydrogen-bond acceptors (Lipinski definition) is 5. The Balaban J connectivity index is 1.69. The maximum absolute atomic E-state index is 13.0. The summed E-state index contributed by atoms with van der Waals surface area (Å²) in [6.45, 7) is 0.599. The highest BCUT2D eigenvalue weighted by Crippen LogP contribution is 2.27. The smallest absolute Gasteiger partial charge is 0.183 e. The second-order valence-electron chi connectivity index (χ2n) is 4.78. The number of aromatic nitrogens is 1. The Hall–Kier alpha value is -1.21. The third-order valence-corrected chi connectivity index (χ3v) is 6.05. The van der Waals surface area contributed by atoms with Crippen molar-refractivity contribution >= 4 is 36.5 Å². The third-order valence-electron chi connectivity index (χ3n) is 3.22. The Morgan fingerprint density at radius 2 is 2.32 bits per heavy atom. The second-order valence-corrected chi connectivity index (χ2v) is 8.04. The van der Waals surface area contributed by atoms with Gasteiger partial charge in [-0.05, 0) is 24.5 Å². The first-order chi connectivity index (χ1) is 9.02. The first-order valence-electron chi connectivity index (χ1n) is 6.02. The first-order valence-corrected chi connectivity index (χ1v) is 8.66. The number of halogens is 1. The Morgan fingerprint density at radius 3 is 3.05 bits per heavy atom. The number of nitrogens with one attached hydrogen (secondary N) is 1. The highest BCUT2D eigenvalue weighted by molar-refractivity contribution is 7.91. The molecule has 3 rings (SSSR count). The average molecular weight is 300 g/mol. The summed E-state index contributed by atoms with van der Waals surface area (Å²) in [6.07, 6.45) is 0.703. The standard InChI is InChI=1S/C12H13FN2O2S2/c13-9-1-2-11-10(5-9)15-12(18-11)14-6-8-3-4-19(16,17)7-8/h1-2,5,8H,3-4,6-7H2,(H,14,15). The van der Waals surface area contributed by atoms with Gasteiger partial charge in [0.15, 0.2) is 15.0 Å². The summed E-state index contributed by atoms with van der Waals surface area (Å²) < 4.78 is 36.7. The Labute approximate surface area is 114 Å². The number of rotatable bonds is 3. The van der Waals surface area contributed by atoms with E-state index in [-0.39, 0.29) is 23.2 Å². The summed E-state index contributed by atoms with van der Waals surface area (Å²) in [7, 11) is -2.84. The van der Waals surface area contributed by atoms with Crippen LogP contribution >= 0.6 is 11.3 Å². The highest BCUT2D eigenvalue weighted by atomic mass is 32.2. The maximum atomic E-state index is 13.0. The zero-order valence-corrected chi connectivity index (χ0v) is 11.7. The molecule has 4 nitrogen and oxygen atoms in total. The van der Waals surface area contributed by atoms with E-state index in [1.165, 1.54) is 23.5 Å². The minimum atomic E-state index is -2.84. The average Bonchev–Trinajstić information content (AvgIpc) is 2.89. The Kier molecular flexibility index (Phi) is 3.18. The molecule has 1 aliphatic rings. The van der Waals surface area contributed by atoms with Gasteiger partial charge in [0.05, 0.1) is 21.7 Å². The van der Waals surface area contributed by atoms with E-state index in [1.54, 1.807) is 6.07 Å². The molecule has 1 atom stereocenters. The molecule has 0 saturated carbocycles. The summed E-state index contributed by atoms with van der Waals surface area (Å²) >= 11 is 1.45. The summed E-state index contributed by atoms with van der Waals surface area (Å²) in [6, 6.07) is 4.51. The molecule has 0 aliphatic carbocycles. The van der Waals surface area contributed by atoms with Gasteiger partial charge in [-0.1, -0.05) is 11.3 Å². The van der Waals surface area contributed by atoms with Crippen molar-refractivity contribution < 1.29 is 12.8 Å². The van der Waals surface area contributed by atoms with Crippen molar-refractivity contribution in [1.82, 2.24) is 4.98 Å². The topological polar surface area (TPSA) is 59.1 Å². The number of nitrogens with zero attached hydrogens (tertiary/aromatic N) is 1. The molecule has 19 heavy (non-hydrogen) atoms. The molecule has 0 bridgehead atoms. The zero-order chi connectivity index (χ0) is 13.5. The predicted octanol–water partition coefficient (Wildman–Crippen LogP) is 2.28. The van der Waals surface area contributed by atoms with Crippen LogP contribution in [0.5, 0.6) is 0 Å². The van der Waals surface area contributed by atoms with Crippen molar-refractivity contribution in [2.75, 3.05) is 23.4 Å². The van der Waals surface area contributed by atoms with E-state index in [2.05, 4.69) is 10.3 Å². The normalized spacial score (nSPS) is 21.8. The molecule has 2 heterocycles. The van der Waals surface area contributed by atoms with Gasteiger partial charge in [0.25, 0.3) is 0 Å². The number of sulfone groups is 1. The lowest BCUT2D eigenvalue weighted by molar-refractivity contribution is 0.596. The van der Waals surface area contributed by atoms with Gasteiger partial charge < -0.3 is 5.32 Å². The van der Waals surface area contributed by atoms with Crippen LogP contribution in [0, 0.1) is 11.7 Å². The molecule has 2 aromatic rings. The van der Waals surface area contributed by atoms with E-state index in [0.29, 0.717) is 23.6 Å². The van der Waals surface area contributed by atoms with Gasteiger partial charge >= 0.3 is 0 Å². The van der Waals surface area contributed by atoms with Gasteiger partial charge in [-0.15, -0.1) is 0 Å². The summed E-state index contributed by atoms with van der Waals surface area (Å²) in [4.78, 5) is 4.29. The van der Waals surface area contributed by atoms with Crippen LogP contribution in [-0.2, 0) is 9.84 Å². The van der Waals surface area contributed by atoms with E-state index >= 15 is 0 Å². The number of thiazole rings is 1. The van der Waals surface area contributed by atoms with Crippen molar-refractivity contribution in [1.29, 1.82) is 0 Å². The van der Waals surface area contributed by atoms with E-state index < -0.39 is 9.84 Å². The van der Waals surface area contributed by atoms with Crippen LogP contribution in [0.15, 0.2) is 18.2 Å². The van der Waals surface area contributed by atoms with E-state index in [1.807, 2.05) is 0 Å². The molecular weight excluding hydrogens is 287 g/mol. The molecule has 0 radical (unpaired) electrons. The molecule has 1 fully saturated rings. The largest absolute Gasteiger partial charge is 0.361 e. The van der Waals surface area contributed by atoms with Gasteiger partial charge in [0, 0.05) is 12.6 Å². The fourth-order valence-corrected chi connectivity index (χ4v) is 4.96. The molecule has 102 valence electrons. The quantitative estimate of drug-likeness (QED) is 0.945. The molecular formula is C12H13FN2O2S2. The van der Waals surface area contributed by atoms with Gasteiger partial charge in [-0.2, -0.15) is 0 Å². The minimum absolute atomic E-state index is 0.147. The summed E-state index contributed by atoms with van der Waals surface area (Å²) in [5.41, 5.74) is 0.631. The third kappa shape index (κ3) is 2.87. The number of benzene rings is 1. The van der Waals surface area contributed by atoms with Gasteiger partial charge in [-0.3, -0.25) is 0 Å². The van der Waals surface area contributed by atoms with Crippen molar-refractivity contribution in [2.24, 2.45) is 5.92 Å². The SMILES string of the molecule is O=S1(=O)CCC(CNc2nc3cc(F)ccc3s2)C1. The summed E-state index contributed by atoms with van der Waals surface area (Å²) in [5.74, 6) is 0.379. The minimum Gasteiger partial charge on any atom is -0.361 e. The molecule has 1 aliphatic heterocycles. The Morgan fingerprint density at radius 1 is 1.47 bits per heavy atom. The monoisotopic (exact) mass is 300 g/mol. The van der Waals surface area contributed by atoms with Crippen LogP contribution in [0.4, 0.5) is 9.52 Å². The number of hydrogen-bond donors (Lipinski definition) is 1. The van der Waals surface area contributed by atoms with Crippen LogP contribution < -0.4 is 5.32 Å². The molecule has 1 aromatic carbocycles. The number of anilines is 1. The van der Waals surface area contributed by atoms with Crippen LogP contribution in [0.1, 0.15) is 6.42 Å². The van der Waals surface area contributed by atoms with Crippen LogP contribution in [0.2, 0.25) is 0 Å². The molecule has 0 spiro atoms. The fourth-order valence-electron chi connectivity index (χ4n) is 2.24. The fraction of sp³-hybridized carbons (Fsp3) is 0.417. The lowest BCUT2D eigenvalue weighted by atomic mass is 10.1. The number of fused-ring (bicyclic) bond motifs is 1. The van der Waals surface area contributed by atoms with Crippen LogP contribution in [-0.4, -0.2) is 31.5 Å². The van der Waals surface area contributed by atoms with Crippen LogP contribution in [0.25, 0.3) is 10.2 Å². The highest BCUT2D eigenvalue weighted by Gasteiger charge is 2.27. The van der Waals surface area contributed by atoms with Crippen LogP contribution in [0.3, 0.4) is 0 Å². The predicted molar refractivity (Wildman–Crippen MR) is 74.8 cm³/mol. The van der Waals surface area contributed by atoms with Gasteiger partial charge in [0.1, 0.15) is 5.82 Å². The molecule has 1 aromatic heterocycles. The molecule has 1 unspecified atom stereocenters. The lowest BCUT2D eigenvalue weighted by Gasteiger charge is -2.07. The van der Waals surface area contributed by atoms with Crippen molar-refractivity contribution in [2.45, 2.75) is 6.42 Å². The molecule has 1 saturated heterocycles. The van der Waals surface area contributed by atoms with Crippen molar-refractivity contribution in [3.63, 3.8) is 0 Å². The van der Waals surface area contributed by atoms with Crippen molar-refractivity contribution in [3.8, 4) is 0 Å². The van der Waals surface area contributed by atoms with E-state index in [9.17, 15) is 12.8 Å². The van der Waals surface area contributed by atoms with Gasteiger partial charge in [-0.25, -0.2) is 17.8 Å². The maximum Gasteiger partial charge on any atom is 0.183 e. The van der Waals surface area contributed by atoms with Gasteiger partial charge in [0.2, 0.25) is 0 Å². The molecule has 1 N–H and O–H groups in total.